The fraction of sp³-hybridized carbons (Fsp3) is 0.160. The Morgan fingerprint density at radius 1 is 1.03 bits per heavy atom. The van der Waals surface area contributed by atoms with Gasteiger partial charge in [0, 0.05) is 16.3 Å². The van der Waals surface area contributed by atoms with Gasteiger partial charge in [-0.1, -0.05) is 54.9 Å². The van der Waals surface area contributed by atoms with Crippen LogP contribution in [0, 0.1) is 6.92 Å². The first-order valence-corrected chi connectivity index (χ1v) is 10.6. The van der Waals surface area contributed by atoms with Crippen LogP contribution in [0.25, 0.3) is 22.9 Å². The lowest BCUT2D eigenvalue weighted by Crippen LogP contribution is -2.32. The Morgan fingerprint density at radius 3 is 2.50 bits per heavy atom. The van der Waals surface area contributed by atoms with Crippen LogP contribution in [-0.4, -0.2) is 22.2 Å². The largest absolute Gasteiger partial charge is 0.480 e. The predicted octanol–water partition coefficient (Wildman–Crippen LogP) is 6.16. The molecule has 32 heavy (non-hydrogen) atoms. The maximum Gasteiger partial charge on any atom is 0.265 e. The lowest BCUT2D eigenvalue weighted by molar-refractivity contribution is -0.122. The topological polar surface area (TPSA) is 77.2 Å². The van der Waals surface area contributed by atoms with Crippen molar-refractivity contribution >= 4 is 23.2 Å². The molecule has 7 heteroatoms. The molecule has 4 aromatic rings. The molecule has 4 rings (SSSR count). The summed E-state index contributed by atoms with van der Waals surface area (Å²) in [4.78, 5) is 12.9. The van der Waals surface area contributed by atoms with E-state index in [0.29, 0.717) is 40.2 Å². The molecule has 0 aliphatic carbocycles. The molecule has 0 radical (unpaired) electrons. The number of aromatic nitrogens is 2. The molecule has 0 saturated heterocycles. The van der Waals surface area contributed by atoms with Crippen LogP contribution in [0.4, 0.5) is 5.69 Å². The van der Waals surface area contributed by atoms with Gasteiger partial charge in [-0.3, -0.25) is 4.79 Å². The minimum Gasteiger partial charge on any atom is -0.480 e. The van der Waals surface area contributed by atoms with Gasteiger partial charge < -0.3 is 14.5 Å². The maximum absolute atomic E-state index is 12.9. The minimum atomic E-state index is -0.715. The fourth-order valence-corrected chi connectivity index (χ4v) is 3.32. The van der Waals surface area contributed by atoms with Crippen LogP contribution in [0.2, 0.25) is 5.02 Å². The second-order valence-corrected chi connectivity index (χ2v) is 7.65. The third kappa shape index (κ3) is 4.81. The van der Waals surface area contributed by atoms with E-state index >= 15 is 0 Å². The fourth-order valence-electron chi connectivity index (χ4n) is 3.14. The number of aryl methyl sites for hydroxylation is 1. The Balaban J connectivity index is 1.54. The van der Waals surface area contributed by atoms with E-state index in [1.54, 1.807) is 12.1 Å². The maximum atomic E-state index is 12.9. The molecule has 1 atom stereocenters. The average Bonchev–Trinajstić information content (AvgIpc) is 3.31. The van der Waals surface area contributed by atoms with E-state index in [-0.39, 0.29) is 5.91 Å². The zero-order valence-electron chi connectivity index (χ0n) is 17.7. The molecule has 0 aliphatic rings. The van der Waals surface area contributed by atoms with Crippen LogP contribution in [-0.2, 0) is 4.79 Å². The van der Waals surface area contributed by atoms with Gasteiger partial charge in [0.2, 0.25) is 5.89 Å². The summed E-state index contributed by atoms with van der Waals surface area (Å²) in [6.07, 6.45) is -0.244. The van der Waals surface area contributed by atoms with Crippen molar-refractivity contribution in [1.82, 2.24) is 10.2 Å². The van der Waals surface area contributed by atoms with Crippen molar-refractivity contribution in [1.29, 1.82) is 0 Å². The summed E-state index contributed by atoms with van der Waals surface area (Å²) in [7, 11) is 0. The molecule has 0 unspecified atom stereocenters. The highest BCUT2D eigenvalue weighted by molar-refractivity contribution is 6.31. The molecular weight excluding hydrogens is 426 g/mol. The van der Waals surface area contributed by atoms with Crippen molar-refractivity contribution in [2.45, 2.75) is 26.4 Å². The molecule has 1 N–H and O–H groups in total. The summed E-state index contributed by atoms with van der Waals surface area (Å²) < 4.78 is 12.0. The summed E-state index contributed by atoms with van der Waals surface area (Å²) in [5, 5.41) is 11.8. The van der Waals surface area contributed by atoms with Crippen LogP contribution in [0.1, 0.15) is 18.9 Å². The monoisotopic (exact) mass is 447 g/mol. The summed E-state index contributed by atoms with van der Waals surface area (Å²) in [5.74, 6) is 0.953. The van der Waals surface area contributed by atoms with Crippen molar-refractivity contribution in [3.8, 4) is 28.7 Å². The van der Waals surface area contributed by atoms with Gasteiger partial charge in [0.25, 0.3) is 11.8 Å². The third-order valence-electron chi connectivity index (χ3n) is 4.94. The number of hydrogen-bond donors (Lipinski definition) is 1. The lowest BCUT2D eigenvalue weighted by Gasteiger charge is -2.19. The number of para-hydroxylation sites is 1. The normalized spacial score (nSPS) is 11.7. The van der Waals surface area contributed by atoms with Gasteiger partial charge in [0.15, 0.2) is 6.10 Å². The van der Waals surface area contributed by atoms with Crippen molar-refractivity contribution in [2.75, 3.05) is 5.32 Å². The predicted molar refractivity (Wildman–Crippen MR) is 125 cm³/mol. The van der Waals surface area contributed by atoms with Gasteiger partial charge in [0.05, 0.1) is 5.56 Å². The Kier molecular flexibility index (Phi) is 6.52. The first kappa shape index (κ1) is 21.6. The Morgan fingerprint density at radius 2 is 1.75 bits per heavy atom. The zero-order valence-corrected chi connectivity index (χ0v) is 18.5. The smallest absolute Gasteiger partial charge is 0.265 e. The Hall–Kier alpha value is -3.64. The van der Waals surface area contributed by atoms with Gasteiger partial charge in [0.1, 0.15) is 5.75 Å². The van der Waals surface area contributed by atoms with Crippen LogP contribution in [0.3, 0.4) is 0 Å². The van der Waals surface area contributed by atoms with Crippen molar-refractivity contribution < 1.29 is 13.9 Å². The van der Waals surface area contributed by atoms with Crippen LogP contribution < -0.4 is 10.1 Å². The first-order valence-electron chi connectivity index (χ1n) is 10.3. The Labute approximate surface area is 191 Å². The Bertz CT molecular complexity index is 1220. The minimum absolute atomic E-state index is 0.266. The van der Waals surface area contributed by atoms with Crippen LogP contribution in [0.15, 0.2) is 77.2 Å². The molecule has 3 aromatic carbocycles. The quantitative estimate of drug-likeness (QED) is 0.367. The van der Waals surface area contributed by atoms with E-state index in [0.717, 1.165) is 11.1 Å². The molecular formula is C25H22ClN3O3. The number of nitrogens with zero attached hydrogens (tertiary/aromatic N) is 2. The summed E-state index contributed by atoms with van der Waals surface area (Å²) in [6.45, 7) is 3.79. The number of anilines is 1. The summed E-state index contributed by atoms with van der Waals surface area (Å²) >= 11 is 6.17. The molecule has 162 valence electrons. The number of amides is 1. The molecule has 6 nitrogen and oxygen atoms in total. The average molecular weight is 448 g/mol. The molecule has 0 fully saturated rings. The van der Waals surface area contributed by atoms with E-state index in [9.17, 15) is 4.79 Å². The number of carbonyl (C=O) groups is 1. The molecule has 1 amide bonds. The van der Waals surface area contributed by atoms with E-state index in [1.807, 2.05) is 74.5 Å². The molecule has 0 spiro atoms. The SMILES string of the molecule is CC[C@H](Oc1ccccc1-c1nnc(-c2ccccc2)o1)C(=O)Nc1ccc(C)c(Cl)c1. The van der Waals surface area contributed by atoms with Crippen molar-refractivity contribution in [3.05, 3.63) is 83.4 Å². The van der Waals surface area contributed by atoms with Gasteiger partial charge in [-0.05, 0) is 55.3 Å². The third-order valence-corrected chi connectivity index (χ3v) is 5.34. The second kappa shape index (κ2) is 9.66. The molecule has 0 aliphatic heterocycles. The molecule has 1 heterocycles. The lowest BCUT2D eigenvalue weighted by atomic mass is 10.1. The second-order valence-electron chi connectivity index (χ2n) is 7.24. The number of hydrogen-bond acceptors (Lipinski definition) is 5. The highest BCUT2D eigenvalue weighted by Gasteiger charge is 2.22. The number of carbonyl (C=O) groups excluding carboxylic acids is 1. The first-order chi connectivity index (χ1) is 15.5. The zero-order chi connectivity index (χ0) is 22.5. The van der Waals surface area contributed by atoms with E-state index < -0.39 is 6.10 Å². The highest BCUT2D eigenvalue weighted by atomic mass is 35.5. The number of ether oxygens (including phenoxy) is 1. The molecule has 0 saturated carbocycles. The van der Waals surface area contributed by atoms with Crippen LogP contribution in [0.5, 0.6) is 5.75 Å². The highest BCUT2D eigenvalue weighted by Crippen LogP contribution is 2.32. The van der Waals surface area contributed by atoms with Gasteiger partial charge >= 0.3 is 0 Å². The van der Waals surface area contributed by atoms with E-state index in [2.05, 4.69) is 15.5 Å². The number of rotatable bonds is 7. The van der Waals surface area contributed by atoms with Crippen LogP contribution >= 0.6 is 11.6 Å². The van der Waals surface area contributed by atoms with Gasteiger partial charge in [-0.2, -0.15) is 0 Å². The summed E-state index contributed by atoms with van der Waals surface area (Å²) in [5.41, 5.74) is 3.00. The van der Waals surface area contributed by atoms with E-state index in [4.69, 9.17) is 20.8 Å². The van der Waals surface area contributed by atoms with Gasteiger partial charge in [-0.15, -0.1) is 10.2 Å². The number of nitrogens with one attached hydrogen (secondary N) is 1. The van der Waals surface area contributed by atoms with Crippen molar-refractivity contribution in [2.24, 2.45) is 0 Å². The standard InChI is InChI=1S/C25H22ClN3O3/c1-3-21(23(30)27-18-14-13-16(2)20(26)15-18)31-22-12-8-7-11-19(22)25-29-28-24(32-25)17-9-5-4-6-10-17/h4-15,21H,3H2,1-2H3,(H,27,30)/t21-/m0/s1. The summed E-state index contributed by atoms with van der Waals surface area (Å²) in [6, 6.07) is 22.2. The molecule has 1 aromatic heterocycles. The molecule has 0 bridgehead atoms. The number of halogens is 1. The number of benzene rings is 3. The van der Waals surface area contributed by atoms with E-state index in [1.165, 1.54) is 0 Å². The van der Waals surface area contributed by atoms with Crippen molar-refractivity contribution in [3.63, 3.8) is 0 Å². The van der Waals surface area contributed by atoms with Gasteiger partial charge in [-0.25, -0.2) is 0 Å².